The lowest BCUT2D eigenvalue weighted by atomic mass is 10.1. The topological polar surface area (TPSA) is 72.1 Å². The zero-order valence-electron chi connectivity index (χ0n) is 15.0. The number of hydrogen-bond acceptors (Lipinski definition) is 5. The fourth-order valence-corrected chi connectivity index (χ4v) is 3.23. The monoisotopic (exact) mass is 342 g/mol. The van der Waals surface area contributed by atoms with Gasteiger partial charge < -0.3 is 9.42 Å². The lowest BCUT2D eigenvalue weighted by Gasteiger charge is -2.28. The number of nitrogens with zero attached hydrogens (tertiary/aromatic N) is 4. The summed E-state index contributed by atoms with van der Waals surface area (Å²) in [6, 6.07) is 3.84. The number of aromatic nitrogens is 3. The van der Waals surface area contributed by atoms with Crippen molar-refractivity contribution in [1.29, 1.82) is 0 Å². The summed E-state index contributed by atoms with van der Waals surface area (Å²) in [5.41, 5.74) is 1.09. The number of hydrogen-bond donors (Lipinski definition) is 0. The Bertz CT molecular complexity index is 684. The number of rotatable bonds is 5. The standard InChI is InChI=1S/C19H26N4O2/c1-14(2)19-21-18(22-25-19)16-8-4-3-5-12-23(16)17(24)10-9-15-7-6-11-20-13-15/h6-7,11,13-14,16H,3-5,8-10,12H2,1-2H3/t16-/m1/s1. The minimum absolute atomic E-state index is 0.0693. The molecule has 1 atom stereocenters. The summed E-state index contributed by atoms with van der Waals surface area (Å²) in [5, 5.41) is 4.16. The molecule has 1 saturated heterocycles. The minimum atomic E-state index is -0.0693. The second kappa shape index (κ2) is 8.23. The van der Waals surface area contributed by atoms with Gasteiger partial charge in [0.25, 0.3) is 0 Å². The lowest BCUT2D eigenvalue weighted by molar-refractivity contribution is -0.133. The molecule has 25 heavy (non-hydrogen) atoms. The van der Waals surface area contributed by atoms with E-state index in [1.54, 1.807) is 6.20 Å². The molecule has 0 aromatic carbocycles. The summed E-state index contributed by atoms with van der Waals surface area (Å²) >= 11 is 0. The first-order valence-corrected chi connectivity index (χ1v) is 9.17. The molecule has 1 amide bonds. The first kappa shape index (κ1) is 17.6. The molecule has 1 aliphatic heterocycles. The Balaban J connectivity index is 1.71. The number of pyridine rings is 1. The first-order chi connectivity index (χ1) is 12.1. The molecule has 2 aromatic rings. The molecule has 134 valence electrons. The smallest absolute Gasteiger partial charge is 0.229 e. The van der Waals surface area contributed by atoms with Crippen molar-refractivity contribution in [1.82, 2.24) is 20.0 Å². The fourth-order valence-electron chi connectivity index (χ4n) is 3.23. The van der Waals surface area contributed by atoms with Crippen molar-refractivity contribution < 1.29 is 9.32 Å². The molecule has 2 aromatic heterocycles. The maximum Gasteiger partial charge on any atom is 0.229 e. The van der Waals surface area contributed by atoms with Crippen LogP contribution >= 0.6 is 0 Å². The van der Waals surface area contributed by atoms with E-state index in [0.717, 1.165) is 37.8 Å². The molecule has 0 radical (unpaired) electrons. The number of carbonyl (C=O) groups is 1. The van der Waals surface area contributed by atoms with E-state index in [4.69, 9.17) is 4.52 Å². The van der Waals surface area contributed by atoms with Gasteiger partial charge in [0, 0.05) is 31.3 Å². The van der Waals surface area contributed by atoms with Crippen LogP contribution in [0.2, 0.25) is 0 Å². The molecule has 1 aliphatic rings. The molecule has 0 N–H and O–H groups in total. The predicted molar refractivity (Wildman–Crippen MR) is 93.9 cm³/mol. The van der Waals surface area contributed by atoms with Crippen LogP contribution in [0.5, 0.6) is 0 Å². The summed E-state index contributed by atoms with van der Waals surface area (Å²) in [6.45, 7) is 4.82. The highest BCUT2D eigenvalue weighted by molar-refractivity contribution is 5.77. The van der Waals surface area contributed by atoms with Crippen LogP contribution in [0.1, 0.15) is 75.2 Å². The van der Waals surface area contributed by atoms with Crippen molar-refractivity contribution in [2.75, 3.05) is 6.54 Å². The highest BCUT2D eigenvalue weighted by Crippen LogP contribution is 2.30. The Labute approximate surface area is 148 Å². The highest BCUT2D eigenvalue weighted by Gasteiger charge is 2.30. The average Bonchev–Trinajstić information content (AvgIpc) is 2.99. The number of amides is 1. The number of carbonyl (C=O) groups excluding carboxylic acids is 1. The highest BCUT2D eigenvalue weighted by atomic mass is 16.5. The van der Waals surface area contributed by atoms with E-state index in [9.17, 15) is 4.79 Å². The van der Waals surface area contributed by atoms with Gasteiger partial charge in [0.1, 0.15) is 0 Å². The van der Waals surface area contributed by atoms with Gasteiger partial charge in [0.15, 0.2) is 5.82 Å². The van der Waals surface area contributed by atoms with Gasteiger partial charge in [-0.15, -0.1) is 0 Å². The third-order valence-electron chi connectivity index (χ3n) is 4.67. The Morgan fingerprint density at radius 1 is 1.36 bits per heavy atom. The van der Waals surface area contributed by atoms with E-state index in [0.29, 0.717) is 24.6 Å². The molecule has 6 nitrogen and oxygen atoms in total. The maximum atomic E-state index is 12.9. The van der Waals surface area contributed by atoms with E-state index in [1.165, 1.54) is 0 Å². The summed E-state index contributed by atoms with van der Waals surface area (Å²) in [7, 11) is 0. The molecule has 6 heteroatoms. The predicted octanol–water partition coefficient (Wildman–Crippen LogP) is 3.66. The van der Waals surface area contributed by atoms with Crippen LogP contribution < -0.4 is 0 Å². The molecule has 1 fully saturated rings. The SMILES string of the molecule is CC(C)c1nc([C@H]2CCCCCN2C(=O)CCc2cccnc2)no1. The molecule has 0 bridgehead atoms. The van der Waals surface area contributed by atoms with E-state index in [1.807, 2.05) is 37.1 Å². The fraction of sp³-hybridized carbons (Fsp3) is 0.579. The summed E-state index contributed by atoms with van der Waals surface area (Å²) < 4.78 is 5.37. The van der Waals surface area contributed by atoms with Gasteiger partial charge in [-0.1, -0.05) is 37.9 Å². The van der Waals surface area contributed by atoms with Gasteiger partial charge in [0.2, 0.25) is 11.8 Å². The normalized spacial score (nSPS) is 18.4. The van der Waals surface area contributed by atoms with Gasteiger partial charge in [-0.2, -0.15) is 4.98 Å². The molecular formula is C19H26N4O2. The van der Waals surface area contributed by atoms with E-state index < -0.39 is 0 Å². The lowest BCUT2D eigenvalue weighted by Crippen LogP contribution is -2.35. The Kier molecular flexibility index (Phi) is 5.79. The molecule has 0 aliphatic carbocycles. The Hall–Kier alpha value is -2.24. The second-order valence-corrected chi connectivity index (χ2v) is 6.96. The van der Waals surface area contributed by atoms with Crippen molar-refractivity contribution in [2.24, 2.45) is 0 Å². The number of aryl methyl sites for hydroxylation is 1. The zero-order valence-corrected chi connectivity index (χ0v) is 15.0. The van der Waals surface area contributed by atoms with Crippen LogP contribution in [0.3, 0.4) is 0 Å². The van der Waals surface area contributed by atoms with Crippen LogP contribution in [-0.4, -0.2) is 32.5 Å². The molecule has 0 saturated carbocycles. The maximum absolute atomic E-state index is 12.9. The average molecular weight is 342 g/mol. The quantitative estimate of drug-likeness (QED) is 0.829. The van der Waals surface area contributed by atoms with Crippen LogP contribution in [0.15, 0.2) is 29.0 Å². The first-order valence-electron chi connectivity index (χ1n) is 9.17. The largest absolute Gasteiger partial charge is 0.339 e. The molecular weight excluding hydrogens is 316 g/mol. The van der Waals surface area contributed by atoms with Crippen molar-refractivity contribution in [3.05, 3.63) is 41.8 Å². The van der Waals surface area contributed by atoms with Gasteiger partial charge in [-0.05, 0) is 30.9 Å². The van der Waals surface area contributed by atoms with Gasteiger partial charge in [0.05, 0.1) is 6.04 Å². The van der Waals surface area contributed by atoms with Crippen LogP contribution in [0, 0.1) is 0 Å². The Morgan fingerprint density at radius 3 is 2.96 bits per heavy atom. The number of likely N-dealkylation sites (tertiary alicyclic amines) is 1. The van der Waals surface area contributed by atoms with E-state index >= 15 is 0 Å². The summed E-state index contributed by atoms with van der Waals surface area (Å²) in [6.07, 6.45) is 8.91. The van der Waals surface area contributed by atoms with Crippen LogP contribution in [-0.2, 0) is 11.2 Å². The second-order valence-electron chi connectivity index (χ2n) is 6.96. The van der Waals surface area contributed by atoms with E-state index in [2.05, 4.69) is 15.1 Å². The van der Waals surface area contributed by atoms with Crippen molar-refractivity contribution in [3.63, 3.8) is 0 Å². The summed E-state index contributed by atoms with van der Waals surface area (Å²) in [5.74, 6) is 1.65. The van der Waals surface area contributed by atoms with E-state index in [-0.39, 0.29) is 17.9 Å². The molecule has 3 rings (SSSR count). The van der Waals surface area contributed by atoms with Gasteiger partial charge in [-0.25, -0.2) is 0 Å². The van der Waals surface area contributed by atoms with Gasteiger partial charge >= 0.3 is 0 Å². The Morgan fingerprint density at radius 2 is 2.24 bits per heavy atom. The van der Waals surface area contributed by atoms with Crippen LogP contribution in [0.4, 0.5) is 0 Å². The summed E-state index contributed by atoms with van der Waals surface area (Å²) in [4.78, 5) is 23.5. The molecule has 0 spiro atoms. The van der Waals surface area contributed by atoms with Crippen molar-refractivity contribution in [2.45, 2.75) is 64.3 Å². The zero-order chi connectivity index (χ0) is 17.6. The third-order valence-corrected chi connectivity index (χ3v) is 4.67. The van der Waals surface area contributed by atoms with Crippen molar-refractivity contribution in [3.8, 4) is 0 Å². The minimum Gasteiger partial charge on any atom is -0.339 e. The van der Waals surface area contributed by atoms with Crippen molar-refractivity contribution >= 4 is 5.91 Å². The van der Waals surface area contributed by atoms with Crippen LogP contribution in [0.25, 0.3) is 0 Å². The molecule has 0 unspecified atom stereocenters. The molecule has 3 heterocycles. The third kappa shape index (κ3) is 4.44. The van der Waals surface area contributed by atoms with Gasteiger partial charge in [-0.3, -0.25) is 9.78 Å².